The second-order valence-electron chi connectivity index (χ2n) is 6.18. The van der Waals surface area contributed by atoms with E-state index in [0.29, 0.717) is 16.3 Å². The van der Waals surface area contributed by atoms with Gasteiger partial charge in [-0.3, -0.25) is 9.52 Å². The van der Waals surface area contributed by atoms with Gasteiger partial charge in [-0.15, -0.1) is 0 Å². The summed E-state index contributed by atoms with van der Waals surface area (Å²) < 4.78 is 27.3. The first-order valence-corrected chi connectivity index (χ1v) is 10.5. The molecule has 8 heteroatoms. The lowest BCUT2D eigenvalue weighted by Gasteiger charge is -2.06. The summed E-state index contributed by atoms with van der Waals surface area (Å²) in [7, 11) is -3.75. The number of hydrogen-bond acceptors (Lipinski definition) is 5. The number of hydrogen-bond donors (Lipinski definition) is 2. The average Bonchev–Trinajstić information content (AvgIpc) is 2.94. The molecule has 6 nitrogen and oxygen atoms in total. The van der Waals surface area contributed by atoms with Gasteiger partial charge in [0.05, 0.1) is 10.6 Å². The number of benzene rings is 2. The molecule has 1 heterocycles. The zero-order chi connectivity index (χ0) is 19.6. The molecule has 0 aliphatic heterocycles. The van der Waals surface area contributed by atoms with E-state index in [-0.39, 0.29) is 15.9 Å². The van der Waals surface area contributed by atoms with E-state index >= 15 is 0 Å². The summed E-state index contributed by atoms with van der Waals surface area (Å²) in [5.74, 6) is -0.319. The fourth-order valence-electron chi connectivity index (χ4n) is 2.66. The predicted octanol–water partition coefficient (Wildman–Crippen LogP) is 4.12. The van der Waals surface area contributed by atoms with E-state index < -0.39 is 10.0 Å². The molecule has 2 N–H and O–H groups in total. The number of anilines is 2. The van der Waals surface area contributed by atoms with Gasteiger partial charge in [-0.1, -0.05) is 35.6 Å². The standard InChI is InChI=1S/C19H19N3O3S2/c1-12-9-13(2)11-15(10-12)21-18(23)17-14(3)20-19(26-17)22-27(24,25)16-7-5-4-6-8-16/h4-11H,1-3H3,(H,20,22)(H,21,23). The molecule has 140 valence electrons. The summed E-state index contributed by atoms with van der Waals surface area (Å²) in [5, 5.41) is 3.00. The Bertz CT molecular complexity index is 1070. The van der Waals surface area contributed by atoms with Gasteiger partial charge in [0.25, 0.3) is 15.9 Å². The van der Waals surface area contributed by atoms with Crippen molar-refractivity contribution in [3.05, 3.63) is 70.2 Å². The van der Waals surface area contributed by atoms with Gasteiger partial charge in [-0.05, 0) is 56.2 Å². The van der Waals surface area contributed by atoms with Crippen molar-refractivity contribution in [2.24, 2.45) is 0 Å². The molecular weight excluding hydrogens is 382 g/mol. The highest BCUT2D eigenvalue weighted by Gasteiger charge is 2.20. The van der Waals surface area contributed by atoms with Gasteiger partial charge in [0.1, 0.15) is 4.88 Å². The highest BCUT2D eigenvalue weighted by atomic mass is 32.2. The van der Waals surface area contributed by atoms with E-state index in [2.05, 4.69) is 15.0 Å². The van der Waals surface area contributed by atoms with Crippen LogP contribution < -0.4 is 10.0 Å². The molecule has 0 atom stereocenters. The Kier molecular flexibility index (Phi) is 5.29. The van der Waals surface area contributed by atoms with E-state index in [1.165, 1.54) is 12.1 Å². The number of aromatic nitrogens is 1. The number of amides is 1. The molecule has 3 rings (SSSR count). The Morgan fingerprint density at radius 1 is 1.00 bits per heavy atom. The molecule has 0 radical (unpaired) electrons. The smallest absolute Gasteiger partial charge is 0.267 e. The van der Waals surface area contributed by atoms with Crippen molar-refractivity contribution < 1.29 is 13.2 Å². The number of aryl methyl sites for hydroxylation is 3. The molecular formula is C19H19N3O3S2. The number of thiazole rings is 1. The largest absolute Gasteiger partial charge is 0.321 e. The van der Waals surface area contributed by atoms with Gasteiger partial charge in [0.15, 0.2) is 5.13 Å². The Hall–Kier alpha value is -2.71. The first-order valence-electron chi connectivity index (χ1n) is 8.19. The summed E-state index contributed by atoms with van der Waals surface area (Å²) in [6, 6.07) is 13.8. The second kappa shape index (κ2) is 7.50. The highest BCUT2D eigenvalue weighted by molar-refractivity contribution is 7.93. The summed E-state index contributed by atoms with van der Waals surface area (Å²) in [4.78, 5) is 17.3. The van der Waals surface area contributed by atoms with Gasteiger partial charge >= 0.3 is 0 Å². The second-order valence-corrected chi connectivity index (χ2v) is 8.86. The van der Waals surface area contributed by atoms with Crippen LogP contribution in [0.4, 0.5) is 10.8 Å². The summed E-state index contributed by atoms with van der Waals surface area (Å²) in [6.45, 7) is 5.58. The number of carbonyl (C=O) groups is 1. The van der Waals surface area contributed by atoms with Crippen LogP contribution in [0, 0.1) is 20.8 Å². The van der Waals surface area contributed by atoms with E-state index in [1.54, 1.807) is 25.1 Å². The lowest BCUT2D eigenvalue weighted by molar-refractivity contribution is 0.103. The van der Waals surface area contributed by atoms with Crippen molar-refractivity contribution in [3.8, 4) is 0 Å². The van der Waals surface area contributed by atoms with E-state index in [4.69, 9.17) is 0 Å². The van der Waals surface area contributed by atoms with Crippen molar-refractivity contribution in [2.75, 3.05) is 10.0 Å². The SMILES string of the molecule is Cc1cc(C)cc(NC(=O)c2sc(NS(=O)(=O)c3ccccc3)nc2C)c1. The van der Waals surface area contributed by atoms with Gasteiger partial charge in [0.2, 0.25) is 0 Å². The molecule has 0 unspecified atom stereocenters. The quantitative estimate of drug-likeness (QED) is 0.673. The van der Waals surface area contributed by atoms with E-state index in [1.807, 2.05) is 32.0 Å². The monoisotopic (exact) mass is 401 g/mol. The van der Waals surface area contributed by atoms with Crippen molar-refractivity contribution in [1.29, 1.82) is 0 Å². The lowest BCUT2D eigenvalue weighted by Crippen LogP contribution is -2.12. The summed E-state index contributed by atoms with van der Waals surface area (Å²) in [5.41, 5.74) is 3.25. The molecule has 0 aliphatic rings. The third-order valence-electron chi connectivity index (χ3n) is 3.76. The number of nitrogens with one attached hydrogen (secondary N) is 2. The first-order chi connectivity index (χ1) is 12.7. The molecule has 1 aromatic heterocycles. The summed E-state index contributed by atoms with van der Waals surface area (Å²) >= 11 is 1.00. The maximum atomic E-state index is 12.6. The van der Waals surface area contributed by atoms with Crippen LogP contribution in [0.1, 0.15) is 26.5 Å². The minimum atomic E-state index is -3.75. The molecule has 0 saturated heterocycles. The van der Waals surface area contributed by atoms with Crippen molar-refractivity contribution in [3.63, 3.8) is 0 Å². The minimum Gasteiger partial charge on any atom is -0.321 e. The zero-order valence-corrected chi connectivity index (χ0v) is 16.7. The van der Waals surface area contributed by atoms with Gasteiger partial charge in [-0.2, -0.15) is 0 Å². The van der Waals surface area contributed by atoms with Crippen LogP contribution in [-0.4, -0.2) is 19.3 Å². The van der Waals surface area contributed by atoms with Gasteiger partial charge in [-0.25, -0.2) is 13.4 Å². The Labute approximate surface area is 162 Å². The number of sulfonamides is 1. The average molecular weight is 402 g/mol. The minimum absolute atomic E-state index is 0.138. The number of rotatable bonds is 5. The molecule has 0 saturated carbocycles. The van der Waals surface area contributed by atoms with Crippen LogP contribution in [0.25, 0.3) is 0 Å². The maximum Gasteiger partial charge on any atom is 0.267 e. The molecule has 0 aliphatic carbocycles. The normalized spacial score (nSPS) is 11.2. The fraction of sp³-hybridized carbons (Fsp3) is 0.158. The zero-order valence-electron chi connectivity index (χ0n) is 15.1. The Morgan fingerprint density at radius 3 is 2.26 bits per heavy atom. The Balaban J connectivity index is 1.81. The van der Waals surface area contributed by atoms with Crippen LogP contribution in [0.3, 0.4) is 0 Å². The van der Waals surface area contributed by atoms with Gasteiger partial charge < -0.3 is 5.32 Å². The van der Waals surface area contributed by atoms with Crippen LogP contribution in [0.5, 0.6) is 0 Å². The predicted molar refractivity (Wildman–Crippen MR) is 108 cm³/mol. The molecule has 2 aromatic carbocycles. The van der Waals surface area contributed by atoms with E-state index in [9.17, 15) is 13.2 Å². The van der Waals surface area contributed by atoms with Crippen LogP contribution >= 0.6 is 11.3 Å². The number of nitrogens with zero attached hydrogens (tertiary/aromatic N) is 1. The third kappa shape index (κ3) is 4.53. The van der Waals surface area contributed by atoms with Crippen LogP contribution in [0.2, 0.25) is 0 Å². The fourth-order valence-corrected chi connectivity index (χ4v) is 4.78. The molecule has 0 fully saturated rings. The molecule has 3 aromatic rings. The molecule has 0 spiro atoms. The van der Waals surface area contributed by atoms with Gasteiger partial charge in [0, 0.05) is 5.69 Å². The topological polar surface area (TPSA) is 88.2 Å². The van der Waals surface area contributed by atoms with Crippen molar-refractivity contribution in [2.45, 2.75) is 25.7 Å². The van der Waals surface area contributed by atoms with E-state index in [0.717, 1.165) is 22.5 Å². The molecule has 0 bridgehead atoms. The summed E-state index contributed by atoms with van der Waals surface area (Å²) in [6.07, 6.45) is 0. The highest BCUT2D eigenvalue weighted by Crippen LogP contribution is 2.26. The molecule has 27 heavy (non-hydrogen) atoms. The van der Waals surface area contributed by atoms with Crippen molar-refractivity contribution in [1.82, 2.24) is 4.98 Å². The number of carbonyl (C=O) groups excluding carboxylic acids is 1. The van der Waals surface area contributed by atoms with Crippen molar-refractivity contribution >= 4 is 38.1 Å². The maximum absolute atomic E-state index is 12.6. The van der Waals surface area contributed by atoms with Crippen LogP contribution in [0.15, 0.2) is 53.4 Å². The Morgan fingerprint density at radius 2 is 1.63 bits per heavy atom. The lowest BCUT2D eigenvalue weighted by atomic mass is 10.1. The first kappa shape index (κ1) is 19.1. The van der Waals surface area contributed by atoms with Crippen LogP contribution in [-0.2, 0) is 10.0 Å². The molecule has 1 amide bonds. The third-order valence-corrected chi connectivity index (χ3v) is 6.31.